The van der Waals surface area contributed by atoms with Crippen molar-refractivity contribution >= 4 is 5.91 Å². The number of amides is 1. The van der Waals surface area contributed by atoms with Crippen LogP contribution in [0, 0.1) is 5.92 Å². The summed E-state index contributed by atoms with van der Waals surface area (Å²) in [5.41, 5.74) is 2.22. The third-order valence-corrected chi connectivity index (χ3v) is 5.12. The van der Waals surface area contributed by atoms with Gasteiger partial charge in [-0.2, -0.15) is 0 Å². The molecule has 2 fully saturated rings. The Morgan fingerprint density at radius 2 is 1.84 bits per heavy atom. The summed E-state index contributed by atoms with van der Waals surface area (Å²) < 4.78 is 6.41. The van der Waals surface area contributed by atoms with Crippen molar-refractivity contribution in [3.05, 3.63) is 66.0 Å². The standard InChI is InChI=1S/C21H24N2O2/c24-19-7-4-14-23(19)20(17-5-2-1-3-6-17)21(25-15-16-8-9-16)18-10-12-22-13-11-18/h1-3,5-6,10-13,16,20-21H,4,7-9,14-15H2/t20-,21+/m1/s1. The lowest BCUT2D eigenvalue weighted by Crippen LogP contribution is -2.35. The predicted molar refractivity (Wildman–Crippen MR) is 95.8 cm³/mol. The number of hydrogen-bond acceptors (Lipinski definition) is 3. The summed E-state index contributed by atoms with van der Waals surface area (Å²) in [7, 11) is 0. The molecule has 0 unspecified atom stereocenters. The first-order chi connectivity index (χ1) is 12.3. The molecular formula is C21H24N2O2. The highest BCUT2D eigenvalue weighted by atomic mass is 16.5. The van der Waals surface area contributed by atoms with E-state index in [4.69, 9.17) is 4.74 Å². The molecule has 2 aromatic rings. The molecule has 1 saturated carbocycles. The largest absolute Gasteiger partial charge is 0.371 e. The smallest absolute Gasteiger partial charge is 0.223 e. The molecule has 1 aliphatic carbocycles. The molecule has 2 aliphatic rings. The average Bonchev–Trinajstić information content (AvgIpc) is 3.40. The fourth-order valence-electron chi connectivity index (χ4n) is 3.58. The highest BCUT2D eigenvalue weighted by Gasteiger charge is 2.37. The van der Waals surface area contributed by atoms with Gasteiger partial charge in [-0.1, -0.05) is 30.3 Å². The highest BCUT2D eigenvalue weighted by Crippen LogP contribution is 2.40. The number of ether oxygens (including phenoxy) is 1. The number of carbonyl (C=O) groups is 1. The van der Waals surface area contributed by atoms with E-state index in [-0.39, 0.29) is 18.1 Å². The van der Waals surface area contributed by atoms with Gasteiger partial charge in [-0.15, -0.1) is 0 Å². The number of likely N-dealkylation sites (tertiary alicyclic amines) is 1. The van der Waals surface area contributed by atoms with Crippen LogP contribution in [0.4, 0.5) is 0 Å². The summed E-state index contributed by atoms with van der Waals surface area (Å²) in [5, 5.41) is 0. The van der Waals surface area contributed by atoms with Crippen LogP contribution >= 0.6 is 0 Å². The zero-order valence-electron chi connectivity index (χ0n) is 14.4. The first-order valence-corrected chi connectivity index (χ1v) is 9.19. The average molecular weight is 336 g/mol. The minimum Gasteiger partial charge on any atom is -0.371 e. The summed E-state index contributed by atoms with van der Waals surface area (Å²) in [6, 6.07) is 14.2. The van der Waals surface area contributed by atoms with Crippen LogP contribution in [0.5, 0.6) is 0 Å². The fraction of sp³-hybridized carbons (Fsp3) is 0.429. The molecule has 1 amide bonds. The number of nitrogens with zero attached hydrogens (tertiary/aromatic N) is 2. The molecule has 1 aromatic heterocycles. The molecule has 4 heteroatoms. The normalized spacial score (nSPS) is 19.8. The third kappa shape index (κ3) is 3.74. The monoisotopic (exact) mass is 336 g/mol. The Morgan fingerprint density at radius 3 is 2.48 bits per heavy atom. The van der Waals surface area contributed by atoms with Crippen molar-refractivity contribution in [3.8, 4) is 0 Å². The molecule has 0 spiro atoms. The lowest BCUT2D eigenvalue weighted by molar-refractivity contribution is -0.133. The van der Waals surface area contributed by atoms with Crippen molar-refractivity contribution in [2.24, 2.45) is 5.92 Å². The highest BCUT2D eigenvalue weighted by molar-refractivity contribution is 5.78. The zero-order valence-corrected chi connectivity index (χ0v) is 14.4. The number of pyridine rings is 1. The number of carbonyl (C=O) groups excluding carboxylic acids is 1. The summed E-state index contributed by atoms with van der Waals surface area (Å²) in [6.45, 7) is 1.56. The van der Waals surface area contributed by atoms with Gasteiger partial charge in [0.1, 0.15) is 6.10 Å². The second-order valence-corrected chi connectivity index (χ2v) is 7.02. The molecule has 2 atom stereocenters. The van der Waals surface area contributed by atoms with Crippen LogP contribution in [0.15, 0.2) is 54.9 Å². The Morgan fingerprint density at radius 1 is 1.08 bits per heavy atom. The molecule has 0 bridgehead atoms. The molecule has 4 rings (SSSR count). The van der Waals surface area contributed by atoms with Gasteiger partial charge in [-0.25, -0.2) is 0 Å². The maximum Gasteiger partial charge on any atom is 0.223 e. The van der Waals surface area contributed by atoms with Crippen molar-refractivity contribution in [3.63, 3.8) is 0 Å². The quantitative estimate of drug-likeness (QED) is 0.770. The lowest BCUT2D eigenvalue weighted by Gasteiger charge is -2.35. The van der Waals surface area contributed by atoms with Crippen LogP contribution in [0.25, 0.3) is 0 Å². The van der Waals surface area contributed by atoms with Crippen molar-refractivity contribution in [2.75, 3.05) is 13.2 Å². The van der Waals surface area contributed by atoms with Gasteiger partial charge in [-0.05, 0) is 48.4 Å². The van der Waals surface area contributed by atoms with Crippen LogP contribution in [-0.4, -0.2) is 28.9 Å². The van der Waals surface area contributed by atoms with Crippen LogP contribution in [0.3, 0.4) is 0 Å². The first kappa shape index (κ1) is 16.3. The maximum absolute atomic E-state index is 12.5. The van der Waals surface area contributed by atoms with E-state index in [0.29, 0.717) is 12.3 Å². The molecule has 130 valence electrons. The van der Waals surface area contributed by atoms with E-state index in [1.807, 2.05) is 35.2 Å². The number of rotatable bonds is 7. The Bertz CT molecular complexity index is 700. The summed E-state index contributed by atoms with van der Waals surface area (Å²) in [5.74, 6) is 0.901. The van der Waals surface area contributed by atoms with Crippen molar-refractivity contribution < 1.29 is 9.53 Å². The van der Waals surface area contributed by atoms with Gasteiger partial charge < -0.3 is 9.64 Å². The van der Waals surface area contributed by atoms with Crippen molar-refractivity contribution in [2.45, 2.75) is 37.8 Å². The Labute approximate surface area is 148 Å². The Hall–Kier alpha value is -2.20. The van der Waals surface area contributed by atoms with E-state index in [0.717, 1.165) is 30.7 Å². The van der Waals surface area contributed by atoms with Crippen LogP contribution in [0.1, 0.15) is 49.0 Å². The second-order valence-electron chi connectivity index (χ2n) is 7.02. The number of aromatic nitrogens is 1. The summed E-state index contributed by atoms with van der Waals surface area (Å²) >= 11 is 0. The molecular weight excluding hydrogens is 312 g/mol. The SMILES string of the molecule is O=C1CCCN1[C@H](c1ccccc1)[C@@H](OCC1CC1)c1ccncc1. The minimum atomic E-state index is -0.159. The van der Waals surface area contributed by atoms with Gasteiger partial charge in [-0.3, -0.25) is 9.78 Å². The topological polar surface area (TPSA) is 42.4 Å². The van der Waals surface area contributed by atoms with Crippen LogP contribution < -0.4 is 0 Å². The van der Waals surface area contributed by atoms with Gasteiger partial charge in [0.2, 0.25) is 5.91 Å². The van der Waals surface area contributed by atoms with Gasteiger partial charge in [0.05, 0.1) is 12.6 Å². The predicted octanol–water partition coefficient (Wildman–Crippen LogP) is 3.91. The van der Waals surface area contributed by atoms with E-state index in [1.165, 1.54) is 12.8 Å². The Balaban J connectivity index is 1.70. The van der Waals surface area contributed by atoms with Crippen LogP contribution in [-0.2, 0) is 9.53 Å². The summed E-state index contributed by atoms with van der Waals surface area (Å²) in [6.07, 6.45) is 7.51. The van der Waals surface area contributed by atoms with Gasteiger partial charge in [0.15, 0.2) is 0 Å². The molecule has 1 aliphatic heterocycles. The number of benzene rings is 1. The molecule has 4 nitrogen and oxygen atoms in total. The lowest BCUT2D eigenvalue weighted by atomic mass is 9.94. The van der Waals surface area contributed by atoms with E-state index >= 15 is 0 Å². The van der Waals surface area contributed by atoms with Gasteiger partial charge in [0.25, 0.3) is 0 Å². The molecule has 2 heterocycles. The van der Waals surface area contributed by atoms with Crippen molar-refractivity contribution in [1.29, 1.82) is 0 Å². The molecule has 25 heavy (non-hydrogen) atoms. The molecule has 1 saturated heterocycles. The van der Waals surface area contributed by atoms with Crippen molar-refractivity contribution in [1.82, 2.24) is 9.88 Å². The van der Waals surface area contributed by atoms with E-state index < -0.39 is 0 Å². The molecule has 1 aromatic carbocycles. The Kier molecular flexibility index (Phi) is 4.79. The van der Waals surface area contributed by atoms with E-state index in [2.05, 4.69) is 17.1 Å². The zero-order chi connectivity index (χ0) is 17.1. The van der Waals surface area contributed by atoms with Gasteiger partial charge >= 0.3 is 0 Å². The van der Waals surface area contributed by atoms with Gasteiger partial charge in [0, 0.05) is 25.4 Å². The minimum absolute atomic E-state index is 0.0858. The first-order valence-electron chi connectivity index (χ1n) is 9.19. The maximum atomic E-state index is 12.5. The van der Waals surface area contributed by atoms with Crippen LogP contribution in [0.2, 0.25) is 0 Å². The number of hydrogen-bond donors (Lipinski definition) is 0. The van der Waals surface area contributed by atoms with E-state index in [1.54, 1.807) is 12.4 Å². The summed E-state index contributed by atoms with van der Waals surface area (Å²) in [4.78, 5) is 18.7. The van der Waals surface area contributed by atoms with E-state index in [9.17, 15) is 4.79 Å². The molecule has 0 N–H and O–H groups in total. The second kappa shape index (κ2) is 7.36. The third-order valence-electron chi connectivity index (χ3n) is 5.12. The fourth-order valence-corrected chi connectivity index (χ4v) is 3.58. The molecule has 0 radical (unpaired) electrons.